The molecule has 0 amide bonds. The Hall–Kier alpha value is -0.790. The molecule has 5 unspecified atom stereocenters. The number of carbonyl (C=O) groups is 1. The average Bonchev–Trinajstić information content (AvgIpc) is 2.87. The van der Waals surface area contributed by atoms with E-state index in [4.69, 9.17) is 4.74 Å². The number of ether oxygens (including phenoxy) is 1. The van der Waals surface area contributed by atoms with E-state index in [1.54, 1.807) is 0 Å². The summed E-state index contributed by atoms with van der Waals surface area (Å²) in [5.74, 6) is 2.00. The van der Waals surface area contributed by atoms with E-state index in [1.165, 1.54) is 12.8 Å². The Morgan fingerprint density at radius 2 is 1.95 bits per heavy atom. The third kappa shape index (κ3) is 2.73. The first-order chi connectivity index (χ1) is 8.93. The Bertz CT molecular complexity index is 396. The van der Waals surface area contributed by atoms with Crippen LogP contribution in [0.25, 0.3) is 0 Å². The average molecular weight is 262 g/mol. The molecule has 0 aromatic rings. The predicted molar refractivity (Wildman–Crippen MR) is 75.5 cm³/mol. The van der Waals surface area contributed by atoms with Crippen molar-refractivity contribution in [1.82, 2.24) is 0 Å². The Morgan fingerprint density at radius 1 is 1.16 bits per heavy atom. The molecule has 0 spiro atoms. The fourth-order valence-electron chi connectivity index (χ4n) is 4.65. The van der Waals surface area contributed by atoms with Crippen molar-refractivity contribution in [2.75, 3.05) is 0 Å². The molecule has 106 valence electrons. The normalized spacial score (nSPS) is 43.4. The van der Waals surface area contributed by atoms with Gasteiger partial charge in [-0.05, 0) is 55.3 Å². The van der Waals surface area contributed by atoms with Gasteiger partial charge < -0.3 is 4.74 Å². The van der Waals surface area contributed by atoms with Crippen LogP contribution in [0.1, 0.15) is 52.9 Å². The van der Waals surface area contributed by atoms with Gasteiger partial charge in [0.15, 0.2) is 0 Å². The molecule has 2 bridgehead atoms. The molecule has 2 nitrogen and oxygen atoms in total. The molecule has 0 heterocycles. The highest BCUT2D eigenvalue weighted by molar-refractivity contribution is 5.74. The molecule has 3 rings (SSSR count). The Balaban J connectivity index is 1.59. The number of esters is 1. The minimum absolute atomic E-state index is 0.0757. The molecule has 2 heteroatoms. The van der Waals surface area contributed by atoms with Crippen molar-refractivity contribution in [3.8, 4) is 0 Å². The van der Waals surface area contributed by atoms with Gasteiger partial charge in [-0.1, -0.05) is 32.9 Å². The first-order valence-electron chi connectivity index (χ1n) is 7.82. The second kappa shape index (κ2) is 4.64. The molecular formula is C17H26O2. The highest BCUT2D eigenvalue weighted by atomic mass is 16.5. The van der Waals surface area contributed by atoms with Crippen LogP contribution >= 0.6 is 0 Å². The first-order valence-corrected chi connectivity index (χ1v) is 7.82. The van der Waals surface area contributed by atoms with Crippen LogP contribution < -0.4 is 0 Å². The van der Waals surface area contributed by atoms with Crippen LogP contribution in [-0.2, 0) is 9.53 Å². The molecule has 0 saturated heterocycles. The predicted octanol–water partition coefficient (Wildman–Crippen LogP) is 3.96. The zero-order chi connectivity index (χ0) is 13.6. The number of hydrogen-bond donors (Lipinski definition) is 0. The maximum Gasteiger partial charge on any atom is 0.309 e. The summed E-state index contributed by atoms with van der Waals surface area (Å²) < 4.78 is 5.86. The van der Waals surface area contributed by atoms with Gasteiger partial charge in [-0.2, -0.15) is 0 Å². The van der Waals surface area contributed by atoms with E-state index in [9.17, 15) is 4.79 Å². The topological polar surface area (TPSA) is 26.3 Å². The van der Waals surface area contributed by atoms with Gasteiger partial charge in [-0.25, -0.2) is 0 Å². The zero-order valence-corrected chi connectivity index (χ0v) is 12.4. The summed E-state index contributed by atoms with van der Waals surface area (Å²) in [5, 5.41) is 0. The minimum Gasteiger partial charge on any atom is -0.462 e. The minimum atomic E-state index is 0.0757. The van der Waals surface area contributed by atoms with Crippen molar-refractivity contribution in [2.45, 2.75) is 59.0 Å². The van der Waals surface area contributed by atoms with Crippen LogP contribution in [0.5, 0.6) is 0 Å². The highest BCUT2D eigenvalue weighted by Gasteiger charge is 2.42. The van der Waals surface area contributed by atoms with Crippen LogP contribution in [0.3, 0.4) is 0 Å². The Kier molecular flexibility index (Phi) is 3.23. The van der Waals surface area contributed by atoms with E-state index < -0.39 is 0 Å². The van der Waals surface area contributed by atoms with Crippen molar-refractivity contribution in [3.05, 3.63) is 12.2 Å². The first kappa shape index (κ1) is 13.2. The summed E-state index contributed by atoms with van der Waals surface area (Å²) in [6, 6.07) is 0. The van der Waals surface area contributed by atoms with Gasteiger partial charge in [0.1, 0.15) is 6.10 Å². The van der Waals surface area contributed by atoms with Crippen LogP contribution in [-0.4, -0.2) is 12.1 Å². The molecule has 0 aliphatic heterocycles. The monoisotopic (exact) mass is 262 g/mol. The van der Waals surface area contributed by atoms with Crippen molar-refractivity contribution in [1.29, 1.82) is 0 Å². The summed E-state index contributed by atoms with van der Waals surface area (Å²) in [4.78, 5) is 12.4. The van der Waals surface area contributed by atoms with Gasteiger partial charge in [0.05, 0.1) is 5.92 Å². The zero-order valence-electron chi connectivity index (χ0n) is 12.4. The largest absolute Gasteiger partial charge is 0.462 e. The van der Waals surface area contributed by atoms with Crippen molar-refractivity contribution in [3.63, 3.8) is 0 Å². The fraction of sp³-hybridized carbons (Fsp3) is 0.824. The quantitative estimate of drug-likeness (QED) is 0.556. The van der Waals surface area contributed by atoms with E-state index >= 15 is 0 Å². The number of hydrogen-bond acceptors (Lipinski definition) is 2. The SMILES string of the molecule is CC1CC(OC(=O)C2CC3C=CC2C3)CC(C)(C)C1. The van der Waals surface area contributed by atoms with Gasteiger partial charge in [0.2, 0.25) is 0 Å². The van der Waals surface area contributed by atoms with Crippen molar-refractivity contribution in [2.24, 2.45) is 29.1 Å². The van der Waals surface area contributed by atoms with E-state index in [0.717, 1.165) is 19.3 Å². The van der Waals surface area contributed by atoms with E-state index in [1.807, 2.05) is 0 Å². The lowest BCUT2D eigenvalue weighted by Gasteiger charge is -2.38. The highest BCUT2D eigenvalue weighted by Crippen LogP contribution is 2.45. The standard InChI is InChI=1S/C17H26O2/c1-11-6-14(10-17(2,3)9-11)19-16(18)15-8-12-4-5-13(15)7-12/h4-5,11-15H,6-10H2,1-3H3. The maximum atomic E-state index is 12.4. The lowest BCUT2D eigenvalue weighted by atomic mass is 9.71. The molecule has 0 aromatic heterocycles. The molecule has 0 N–H and O–H groups in total. The lowest BCUT2D eigenvalue weighted by Crippen LogP contribution is -2.36. The maximum absolute atomic E-state index is 12.4. The molecule has 2 fully saturated rings. The van der Waals surface area contributed by atoms with Gasteiger partial charge >= 0.3 is 5.97 Å². The van der Waals surface area contributed by atoms with Gasteiger partial charge in [-0.3, -0.25) is 4.79 Å². The van der Waals surface area contributed by atoms with Crippen molar-refractivity contribution < 1.29 is 9.53 Å². The van der Waals surface area contributed by atoms with Crippen LogP contribution in [0.4, 0.5) is 0 Å². The number of carbonyl (C=O) groups excluding carboxylic acids is 1. The third-order valence-corrected chi connectivity index (χ3v) is 5.21. The van der Waals surface area contributed by atoms with Crippen LogP contribution in [0.2, 0.25) is 0 Å². The molecule has 0 radical (unpaired) electrons. The third-order valence-electron chi connectivity index (χ3n) is 5.21. The summed E-state index contributed by atoms with van der Waals surface area (Å²) in [7, 11) is 0. The van der Waals surface area contributed by atoms with E-state index in [2.05, 4.69) is 32.9 Å². The smallest absolute Gasteiger partial charge is 0.309 e. The molecule has 0 aromatic carbocycles. The summed E-state index contributed by atoms with van der Waals surface area (Å²) in [5.41, 5.74) is 0.317. The number of rotatable bonds is 2. The van der Waals surface area contributed by atoms with E-state index in [-0.39, 0.29) is 18.0 Å². The second-order valence-electron chi connectivity index (χ2n) is 7.86. The fourth-order valence-corrected chi connectivity index (χ4v) is 4.65. The van der Waals surface area contributed by atoms with Crippen LogP contribution in [0, 0.1) is 29.1 Å². The molecule has 3 aliphatic carbocycles. The number of fused-ring (bicyclic) bond motifs is 2. The Labute approximate surface area is 116 Å². The van der Waals surface area contributed by atoms with E-state index in [0.29, 0.717) is 23.2 Å². The summed E-state index contributed by atoms with van der Waals surface area (Å²) >= 11 is 0. The van der Waals surface area contributed by atoms with Gasteiger partial charge in [0, 0.05) is 0 Å². The summed E-state index contributed by atoms with van der Waals surface area (Å²) in [6.07, 6.45) is 10.2. The lowest BCUT2D eigenvalue weighted by molar-refractivity contribution is -0.159. The Morgan fingerprint density at radius 3 is 2.53 bits per heavy atom. The number of allylic oxidation sites excluding steroid dienone is 2. The molecular weight excluding hydrogens is 236 g/mol. The molecule has 5 atom stereocenters. The molecule has 19 heavy (non-hydrogen) atoms. The van der Waals surface area contributed by atoms with Crippen LogP contribution in [0.15, 0.2) is 12.2 Å². The van der Waals surface area contributed by atoms with Gasteiger partial charge in [0.25, 0.3) is 0 Å². The summed E-state index contributed by atoms with van der Waals surface area (Å²) in [6.45, 7) is 6.87. The van der Waals surface area contributed by atoms with Gasteiger partial charge in [-0.15, -0.1) is 0 Å². The van der Waals surface area contributed by atoms with Crippen molar-refractivity contribution >= 4 is 5.97 Å². The molecule has 2 saturated carbocycles. The molecule has 3 aliphatic rings. The second-order valence-corrected chi connectivity index (χ2v) is 7.86.